The lowest BCUT2D eigenvalue weighted by Crippen LogP contribution is -2.11. The average molecular weight is 309 g/mol. The second-order valence-corrected chi connectivity index (χ2v) is 6.47. The van der Waals surface area contributed by atoms with E-state index in [9.17, 15) is 12.8 Å². The van der Waals surface area contributed by atoms with Gasteiger partial charge in [0.05, 0.1) is 11.9 Å². The van der Waals surface area contributed by atoms with Crippen molar-refractivity contribution in [3.05, 3.63) is 53.6 Å². The molecule has 0 radical (unpaired) electrons. The van der Waals surface area contributed by atoms with Gasteiger partial charge in [0.1, 0.15) is 5.82 Å². The molecule has 0 aliphatic rings. The molecule has 1 heterocycles. The molecular weight excluding hydrogens is 293 g/mol. The summed E-state index contributed by atoms with van der Waals surface area (Å²) in [6.07, 6.45) is 4.44. The Morgan fingerprint density at radius 1 is 1.29 bits per heavy atom. The van der Waals surface area contributed by atoms with Crippen LogP contribution in [0.5, 0.6) is 0 Å². The molecule has 5 nitrogen and oxygen atoms in total. The number of benzene rings is 1. The van der Waals surface area contributed by atoms with Gasteiger partial charge in [0, 0.05) is 24.6 Å². The van der Waals surface area contributed by atoms with Gasteiger partial charge in [0.2, 0.25) is 10.0 Å². The highest BCUT2D eigenvalue weighted by Gasteiger charge is 2.08. The van der Waals surface area contributed by atoms with E-state index in [1.165, 1.54) is 12.1 Å². The molecule has 2 aromatic rings. The molecule has 0 aliphatic heterocycles. The summed E-state index contributed by atoms with van der Waals surface area (Å²) >= 11 is 0. The van der Waals surface area contributed by atoms with Gasteiger partial charge in [-0.15, -0.1) is 0 Å². The summed E-state index contributed by atoms with van der Waals surface area (Å²) < 4.78 is 38.1. The van der Waals surface area contributed by atoms with Gasteiger partial charge in [-0.3, -0.25) is 9.71 Å². The number of nitrogens with one attached hydrogen (secondary N) is 2. The lowest BCUT2D eigenvalue weighted by molar-refractivity contribution is 0.604. The highest BCUT2D eigenvalue weighted by molar-refractivity contribution is 7.92. The van der Waals surface area contributed by atoms with E-state index in [1.807, 2.05) is 13.0 Å². The van der Waals surface area contributed by atoms with E-state index in [1.54, 1.807) is 18.5 Å². The Morgan fingerprint density at radius 3 is 2.71 bits per heavy atom. The van der Waals surface area contributed by atoms with Crippen LogP contribution in [-0.2, 0) is 16.6 Å². The first-order chi connectivity index (χ1) is 9.85. The van der Waals surface area contributed by atoms with Crippen molar-refractivity contribution in [2.45, 2.75) is 13.5 Å². The minimum atomic E-state index is -3.52. The first-order valence-electron chi connectivity index (χ1n) is 6.26. The number of anilines is 2. The largest absolute Gasteiger partial charge is 0.381 e. The van der Waals surface area contributed by atoms with Crippen LogP contribution in [0.1, 0.15) is 11.1 Å². The van der Waals surface area contributed by atoms with E-state index in [0.717, 1.165) is 17.4 Å². The van der Waals surface area contributed by atoms with Crippen molar-refractivity contribution in [2.24, 2.45) is 0 Å². The molecule has 2 N–H and O–H groups in total. The molecular formula is C14H16FN3O2S. The topological polar surface area (TPSA) is 71.1 Å². The van der Waals surface area contributed by atoms with Gasteiger partial charge >= 0.3 is 0 Å². The fourth-order valence-corrected chi connectivity index (χ4v) is 2.35. The zero-order valence-electron chi connectivity index (χ0n) is 11.7. The number of pyridine rings is 1. The third-order valence-corrected chi connectivity index (χ3v) is 3.48. The first kappa shape index (κ1) is 15.2. The molecule has 0 saturated heterocycles. The van der Waals surface area contributed by atoms with Crippen molar-refractivity contribution in [1.29, 1.82) is 0 Å². The van der Waals surface area contributed by atoms with E-state index in [-0.39, 0.29) is 5.69 Å². The maximum absolute atomic E-state index is 13.6. The number of sulfonamides is 1. The molecule has 7 heteroatoms. The normalized spacial score (nSPS) is 11.2. The zero-order valence-corrected chi connectivity index (χ0v) is 12.5. The second kappa shape index (κ2) is 6.09. The fraction of sp³-hybridized carbons (Fsp3) is 0.214. The number of aromatic nitrogens is 1. The lowest BCUT2D eigenvalue weighted by Gasteiger charge is -2.11. The van der Waals surface area contributed by atoms with Crippen LogP contribution in [0.3, 0.4) is 0 Å². The van der Waals surface area contributed by atoms with Crippen molar-refractivity contribution in [3.63, 3.8) is 0 Å². The van der Waals surface area contributed by atoms with E-state index in [2.05, 4.69) is 15.0 Å². The van der Waals surface area contributed by atoms with Crippen molar-refractivity contribution in [2.75, 3.05) is 16.3 Å². The van der Waals surface area contributed by atoms with Crippen molar-refractivity contribution < 1.29 is 12.8 Å². The maximum atomic E-state index is 13.6. The summed E-state index contributed by atoms with van der Waals surface area (Å²) in [6.45, 7) is 2.49. The van der Waals surface area contributed by atoms with Crippen molar-refractivity contribution in [1.82, 2.24) is 4.98 Å². The summed E-state index contributed by atoms with van der Waals surface area (Å²) in [4.78, 5) is 4.05. The van der Waals surface area contributed by atoms with E-state index in [0.29, 0.717) is 12.2 Å². The fourth-order valence-electron chi connectivity index (χ4n) is 1.79. The lowest BCUT2D eigenvalue weighted by atomic mass is 10.1. The van der Waals surface area contributed by atoms with Crippen LogP contribution >= 0.6 is 0 Å². The Morgan fingerprint density at radius 2 is 2.05 bits per heavy atom. The zero-order chi connectivity index (χ0) is 15.5. The summed E-state index contributed by atoms with van der Waals surface area (Å²) in [6, 6.07) is 6.08. The minimum Gasteiger partial charge on any atom is -0.381 e. The highest BCUT2D eigenvalue weighted by atomic mass is 32.2. The maximum Gasteiger partial charge on any atom is 0.229 e. The molecule has 0 unspecified atom stereocenters. The Bertz CT molecular complexity index is 748. The molecule has 1 aromatic heterocycles. The molecule has 2 rings (SSSR count). The van der Waals surface area contributed by atoms with Gasteiger partial charge in [-0.1, -0.05) is 0 Å². The standard InChI is InChI=1S/C14H16FN3O2S/c1-10-5-6-16-8-11(10)9-17-12-3-4-13(15)14(7-12)18-21(2,19)20/h3-8,17-18H,9H2,1-2H3. The van der Waals surface area contributed by atoms with Crippen LogP contribution in [0.2, 0.25) is 0 Å². The number of halogens is 1. The summed E-state index contributed by atoms with van der Waals surface area (Å²) in [5.41, 5.74) is 2.64. The van der Waals surface area contributed by atoms with Gasteiger partial charge < -0.3 is 5.32 Å². The molecule has 0 saturated carbocycles. The van der Waals surface area contributed by atoms with Gasteiger partial charge in [0.25, 0.3) is 0 Å². The summed E-state index contributed by atoms with van der Waals surface area (Å²) in [5, 5.41) is 3.11. The predicted molar refractivity (Wildman–Crippen MR) is 81.2 cm³/mol. The smallest absolute Gasteiger partial charge is 0.229 e. The van der Waals surface area contributed by atoms with Gasteiger partial charge in [-0.25, -0.2) is 12.8 Å². The predicted octanol–water partition coefficient (Wildman–Crippen LogP) is 2.51. The SMILES string of the molecule is Cc1ccncc1CNc1ccc(F)c(NS(C)(=O)=O)c1. The molecule has 0 spiro atoms. The van der Waals surface area contributed by atoms with Crippen LogP contribution in [0.15, 0.2) is 36.7 Å². The number of rotatable bonds is 5. The monoisotopic (exact) mass is 309 g/mol. The van der Waals surface area contributed by atoms with Gasteiger partial charge in [-0.2, -0.15) is 0 Å². The van der Waals surface area contributed by atoms with Gasteiger partial charge in [0.15, 0.2) is 0 Å². The molecule has 0 bridgehead atoms. The van der Waals surface area contributed by atoms with E-state index >= 15 is 0 Å². The average Bonchev–Trinajstić information content (AvgIpc) is 2.39. The van der Waals surface area contributed by atoms with Crippen LogP contribution in [0.4, 0.5) is 15.8 Å². The Labute approximate surface area is 123 Å². The molecule has 112 valence electrons. The van der Waals surface area contributed by atoms with Crippen LogP contribution in [-0.4, -0.2) is 19.7 Å². The van der Waals surface area contributed by atoms with Crippen molar-refractivity contribution >= 4 is 21.4 Å². The molecule has 21 heavy (non-hydrogen) atoms. The molecule has 0 fully saturated rings. The highest BCUT2D eigenvalue weighted by Crippen LogP contribution is 2.21. The minimum absolute atomic E-state index is 0.0783. The number of hydrogen-bond donors (Lipinski definition) is 2. The quantitative estimate of drug-likeness (QED) is 0.890. The van der Waals surface area contributed by atoms with Gasteiger partial charge in [-0.05, 0) is 42.3 Å². The first-order valence-corrected chi connectivity index (χ1v) is 8.15. The van der Waals surface area contributed by atoms with Crippen LogP contribution < -0.4 is 10.0 Å². The Balaban J connectivity index is 2.14. The molecule has 0 amide bonds. The Hall–Kier alpha value is -2.15. The van der Waals surface area contributed by atoms with E-state index < -0.39 is 15.8 Å². The second-order valence-electron chi connectivity index (χ2n) is 4.72. The van der Waals surface area contributed by atoms with Crippen LogP contribution in [0, 0.1) is 12.7 Å². The number of aryl methyl sites for hydroxylation is 1. The summed E-state index contributed by atoms with van der Waals surface area (Å²) in [7, 11) is -3.52. The number of nitrogens with zero attached hydrogens (tertiary/aromatic N) is 1. The van der Waals surface area contributed by atoms with Crippen LogP contribution in [0.25, 0.3) is 0 Å². The molecule has 0 aliphatic carbocycles. The molecule has 1 aromatic carbocycles. The summed E-state index contributed by atoms with van der Waals surface area (Å²) in [5.74, 6) is -0.622. The third-order valence-electron chi connectivity index (χ3n) is 2.89. The number of hydrogen-bond acceptors (Lipinski definition) is 4. The van der Waals surface area contributed by atoms with E-state index in [4.69, 9.17) is 0 Å². The molecule has 0 atom stereocenters. The van der Waals surface area contributed by atoms with Crippen molar-refractivity contribution in [3.8, 4) is 0 Å². The third kappa shape index (κ3) is 4.42. The Kier molecular flexibility index (Phi) is 4.42.